The van der Waals surface area contributed by atoms with Gasteiger partial charge in [-0.3, -0.25) is 4.98 Å². The van der Waals surface area contributed by atoms with Gasteiger partial charge in [0, 0.05) is 36.9 Å². The molecule has 0 unspecified atom stereocenters. The molecule has 0 fully saturated rings. The highest BCUT2D eigenvalue weighted by molar-refractivity contribution is 8.34. The van der Waals surface area contributed by atoms with Crippen LogP contribution in [0.15, 0.2) is 177 Å². The smallest absolute Gasteiger partial charge is 0.182 e. The van der Waals surface area contributed by atoms with E-state index in [-0.39, 0.29) is 0 Å². The minimum Gasteiger partial charge on any atom is -0.253 e. The maximum Gasteiger partial charge on any atom is 0.182 e. The second-order valence-corrected chi connectivity index (χ2v) is 13.4. The van der Waals surface area contributed by atoms with Gasteiger partial charge < -0.3 is 0 Å². The predicted octanol–water partition coefficient (Wildman–Crippen LogP) is 9.59. The first-order valence-electron chi connectivity index (χ1n) is 14.2. The molecule has 0 amide bonds. The number of hydrogen-bond donors (Lipinski definition) is 0. The minimum atomic E-state index is -1.70. The van der Waals surface area contributed by atoms with Crippen molar-refractivity contribution < 1.29 is 0 Å². The lowest BCUT2D eigenvalue weighted by molar-refractivity contribution is 1.06. The van der Waals surface area contributed by atoms with Gasteiger partial charge in [0.05, 0.1) is 0 Å². The van der Waals surface area contributed by atoms with Gasteiger partial charge in [-0.15, -0.1) is 10.0 Å². The van der Waals surface area contributed by atoms with Gasteiger partial charge in [0.15, 0.2) is 17.5 Å². The standard InChI is InChI=1S/C38H26N4S/c1-4-14-27(15-5-1)36-40-37(42-38(41-36)33-21-12-13-25-39-33)28-23-24-35-32(26-28)31-20-10-11-22-34(31)43(35,29-16-6-2-7-17-29)30-18-8-3-9-19-30/h1-26H. The molecule has 8 rings (SSSR count). The van der Waals surface area contributed by atoms with E-state index in [1.165, 1.54) is 30.7 Å². The summed E-state index contributed by atoms with van der Waals surface area (Å²) in [5.41, 5.74) is 5.07. The minimum absolute atomic E-state index is 0.555. The maximum absolute atomic E-state index is 4.99. The second kappa shape index (κ2) is 10.5. The monoisotopic (exact) mass is 570 g/mol. The van der Waals surface area contributed by atoms with Crippen LogP contribution >= 0.6 is 10.0 Å². The highest BCUT2D eigenvalue weighted by Crippen LogP contribution is 2.79. The van der Waals surface area contributed by atoms with Crippen LogP contribution in [0.25, 0.3) is 45.4 Å². The Morgan fingerprint density at radius 1 is 0.395 bits per heavy atom. The van der Waals surface area contributed by atoms with E-state index in [9.17, 15) is 0 Å². The van der Waals surface area contributed by atoms with Gasteiger partial charge in [-0.05, 0) is 65.7 Å². The topological polar surface area (TPSA) is 51.6 Å². The van der Waals surface area contributed by atoms with Crippen molar-refractivity contribution in [2.75, 3.05) is 0 Å². The lowest BCUT2D eigenvalue weighted by atomic mass is 10.0. The van der Waals surface area contributed by atoms with Crippen LogP contribution in [0.3, 0.4) is 0 Å². The first-order chi connectivity index (χ1) is 21.3. The van der Waals surface area contributed by atoms with Crippen LogP contribution in [-0.2, 0) is 0 Å². The normalized spacial score (nSPS) is 13.6. The van der Waals surface area contributed by atoms with Crippen molar-refractivity contribution in [2.24, 2.45) is 0 Å². The van der Waals surface area contributed by atoms with Crippen LogP contribution in [0.2, 0.25) is 0 Å². The van der Waals surface area contributed by atoms with Gasteiger partial charge in [-0.2, -0.15) is 0 Å². The van der Waals surface area contributed by atoms with Gasteiger partial charge in [0.1, 0.15) is 5.69 Å². The Bertz CT molecular complexity index is 1970. The van der Waals surface area contributed by atoms with E-state index < -0.39 is 10.0 Å². The molecule has 4 nitrogen and oxygen atoms in total. The van der Waals surface area contributed by atoms with Crippen molar-refractivity contribution in [3.63, 3.8) is 0 Å². The fourth-order valence-corrected chi connectivity index (χ4v) is 10.2. The van der Waals surface area contributed by atoms with E-state index >= 15 is 0 Å². The number of hydrogen-bond acceptors (Lipinski definition) is 4. The molecule has 0 N–H and O–H groups in total. The fraction of sp³-hybridized carbons (Fsp3) is 0. The number of pyridine rings is 1. The third-order valence-corrected chi connectivity index (χ3v) is 11.8. The summed E-state index contributed by atoms with van der Waals surface area (Å²) in [5, 5.41) is 0. The highest BCUT2D eigenvalue weighted by Gasteiger charge is 2.41. The molecule has 0 atom stereocenters. The second-order valence-electron chi connectivity index (χ2n) is 10.3. The van der Waals surface area contributed by atoms with Gasteiger partial charge in [-0.1, -0.05) is 97.1 Å². The summed E-state index contributed by atoms with van der Waals surface area (Å²) < 4.78 is 0. The zero-order valence-corrected chi connectivity index (χ0v) is 24.0. The van der Waals surface area contributed by atoms with Crippen molar-refractivity contribution in [1.29, 1.82) is 0 Å². The predicted molar refractivity (Wildman–Crippen MR) is 173 cm³/mol. The van der Waals surface area contributed by atoms with Crippen molar-refractivity contribution in [1.82, 2.24) is 19.9 Å². The largest absolute Gasteiger partial charge is 0.253 e. The summed E-state index contributed by atoms with van der Waals surface area (Å²) in [6.07, 6.45) is 1.77. The Kier molecular flexibility index (Phi) is 6.16. The third-order valence-electron chi connectivity index (χ3n) is 7.83. The molecule has 5 heteroatoms. The number of rotatable bonds is 5. The summed E-state index contributed by atoms with van der Waals surface area (Å²) in [6, 6.07) is 53.3. The molecule has 0 aliphatic carbocycles. The molecule has 204 valence electrons. The van der Waals surface area contributed by atoms with Crippen molar-refractivity contribution >= 4 is 10.0 Å². The molecule has 3 heterocycles. The van der Waals surface area contributed by atoms with E-state index in [2.05, 4.69) is 108 Å². The van der Waals surface area contributed by atoms with E-state index in [1.54, 1.807) is 6.20 Å². The molecule has 1 aliphatic heterocycles. The molecule has 0 spiro atoms. The molecule has 0 saturated carbocycles. The first kappa shape index (κ1) is 25.3. The van der Waals surface area contributed by atoms with E-state index in [0.29, 0.717) is 23.2 Å². The molecule has 1 aliphatic rings. The molecule has 7 aromatic rings. The molecule has 0 saturated heterocycles. The SMILES string of the molecule is c1ccc(-c2nc(-c3ccc4c(c3)-c3ccccc3S4(c3ccccc3)c3ccccc3)nc(-c3ccccn3)n2)cc1. The molecule has 0 bridgehead atoms. The Hall–Kier alpha value is -5.39. The van der Waals surface area contributed by atoms with Crippen LogP contribution in [-0.4, -0.2) is 19.9 Å². The first-order valence-corrected chi connectivity index (χ1v) is 15.9. The quantitative estimate of drug-likeness (QED) is 0.207. The van der Waals surface area contributed by atoms with Gasteiger partial charge in [-0.25, -0.2) is 15.0 Å². The molecular weight excluding hydrogens is 545 g/mol. The maximum atomic E-state index is 4.99. The van der Waals surface area contributed by atoms with E-state index in [0.717, 1.165) is 11.1 Å². The average molecular weight is 571 g/mol. The van der Waals surface area contributed by atoms with Crippen LogP contribution < -0.4 is 0 Å². The van der Waals surface area contributed by atoms with Gasteiger partial charge >= 0.3 is 0 Å². The van der Waals surface area contributed by atoms with Crippen molar-refractivity contribution in [2.45, 2.75) is 19.6 Å². The molecule has 5 aromatic carbocycles. The number of aromatic nitrogens is 4. The zero-order chi connectivity index (χ0) is 28.6. The van der Waals surface area contributed by atoms with Gasteiger partial charge in [0.2, 0.25) is 0 Å². The Morgan fingerprint density at radius 3 is 1.63 bits per heavy atom. The molecular formula is C38H26N4S. The summed E-state index contributed by atoms with van der Waals surface area (Å²) in [7, 11) is -1.70. The fourth-order valence-electron chi connectivity index (χ4n) is 5.95. The van der Waals surface area contributed by atoms with Crippen LogP contribution in [0.4, 0.5) is 0 Å². The van der Waals surface area contributed by atoms with Crippen LogP contribution in [0.1, 0.15) is 0 Å². The summed E-state index contributed by atoms with van der Waals surface area (Å²) in [5.74, 6) is 1.81. The highest BCUT2D eigenvalue weighted by atomic mass is 32.3. The average Bonchev–Trinajstić information content (AvgIpc) is 3.40. The van der Waals surface area contributed by atoms with Crippen LogP contribution in [0, 0.1) is 0 Å². The van der Waals surface area contributed by atoms with Crippen LogP contribution in [0.5, 0.6) is 0 Å². The van der Waals surface area contributed by atoms with E-state index in [1.807, 2.05) is 48.5 Å². The van der Waals surface area contributed by atoms with Gasteiger partial charge in [0.25, 0.3) is 0 Å². The molecule has 2 aromatic heterocycles. The number of fused-ring (bicyclic) bond motifs is 3. The third kappa shape index (κ3) is 4.17. The Labute approximate surface area is 252 Å². The number of benzene rings is 5. The lowest BCUT2D eigenvalue weighted by Gasteiger charge is -2.39. The molecule has 0 radical (unpaired) electrons. The van der Waals surface area contributed by atoms with Crippen molar-refractivity contribution in [3.8, 4) is 45.4 Å². The summed E-state index contributed by atoms with van der Waals surface area (Å²) >= 11 is 0. The Morgan fingerprint density at radius 2 is 0.953 bits per heavy atom. The lowest BCUT2D eigenvalue weighted by Crippen LogP contribution is -2.02. The summed E-state index contributed by atoms with van der Waals surface area (Å²) in [6.45, 7) is 0. The molecule has 43 heavy (non-hydrogen) atoms. The number of nitrogens with zero attached hydrogens (tertiary/aromatic N) is 4. The van der Waals surface area contributed by atoms with Crippen molar-refractivity contribution in [3.05, 3.63) is 158 Å². The van der Waals surface area contributed by atoms with E-state index in [4.69, 9.17) is 15.0 Å². The Balaban J connectivity index is 1.38. The zero-order valence-electron chi connectivity index (χ0n) is 23.2. The summed E-state index contributed by atoms with van der Waals surface area (Å²) in [4.78, 5) is 24.7.